The lowest BCUT2D eigenvalue weighted by Gasteiger charge is -2.16. The highest BCUT2D eigenvalue weighted by Gasteiger charge is 2.36. The lowest BCUT2D eigenvalue weighted by atomic mass is 10.1. The summed E-state index contributed by atoms with van der Waals surface area (Å²) in [6.07, 6.45) is 0.0907. The number of hydrogen-bond donors (Lipinski definition) is 1. The highest BCUT2D eigenvalue weighted by atomic mass is 32.1. The van der Waals surface area contributed by atoms with Gasteiger partial charge in [-0.05, 0) is 18.4 Å². The normalized spacial score (nSPS) is 18.7. The van der Waals surface area contributed by atoms with Gasteiger partial charge in [0.05, 0.1) is 18.2 Å². The second kappa shape index (κ2) is 5.40. The predicted molar refractivity (Wildman–Crippen MR) is 69.9 cm³/mol. The average Bonchev–Trinajstić information content (AvgIpc) is 2.94. The Balaban J connectivity index is 2.24. The van der Waals surface area contributed by atoms with Crippen LogP contribution >= 0.6 is 11.3 Å². The standard InChI is InChI=1S/C12H14N2O4S/c1-2-18-12(17)10-8(3-4-19-10)14-6-7(11(13)16)5-9(14)15/h3-4,7H,2,5-6H2,1H3,(H2,13,16). The van der Waals surface area contributed by atoms with Crippen molar-refractivity contribution in [3.63, 3.8) is 0 Å². The molecule has 0 spiro atoms. The van der Waals surface area contributed by atoms with Crippen LogP contribution in [0.25, 0.3) is 0 Å². The van der Waals surface area contributed by atoms with Gasteiger partial charge in [0.25, 0.3) is 0 Å². The molecule has 1 atom stereocenters. The monoisotopic (exact) mass is 282 g/mol. The van der Waals surface area contributed by atoms with Gasteiger partial charge in [0, 0.05) is 13.0 Å². The number of nitrogens with zero attached hydrogens (tertiary/aromatic N) is 1. The van der Waals surface area contributed by atoms with E-state index in [4.69, 9.17) is 10.5 Å². The molecule has 2 rings (SSSR count). The van der Waals surface area contributed by atoms with E-state index in [1.54, 1.807) is 18.4 Å². The van der Waals surface area contributed by atoms with E-state index in [0.717, 1.165) is 0 Å². The number of carbonyl (C=O) groups excluding carboxylic acids is 3. The van der Waals surface area contributed by atoms with E-state index >= 15 is 0 Å². The fourth-order valence-corrected chi connectivity index (χ4v) is 2.78. The molecule has 1 fully saturated rings. The third kappa shape index (κ3) is 2.60. The molecule has 6 nitrogen and oxygen atoms in total. The van der Waals surface area contributed by atoms with Gasteiger partial charge < -0.3 is 15.4 Å². The molecule has 1 saturated heterocycles. The minimum Gasteiger partial charge on any atom is -0.462 e. The first-order chi connectivity index (χ1) is 9.04. The number of anilines is 1. The van der Waals surface area contributed by atoms with Gasteiger partial charge >= 0.3 is 5.97 Å². The average molecular weight is 282 g/mol. The second-order valence-corrected chi connectivity index (χ2v) is 5.08. The summed E-state index contributed by atoms with van der Waals surface area (Å²) in [5, 5.41) is 1.71. The molecule has 1 aromatic rings. The zero-order valence-electron chi connectivity index (χ0n) is 10.4. The minimum atomic E-state index is -0.498. The van der Waals surface area contributed by atoms with Crippen LogP contribution in [0.1, 0.15) is 23.0 Å². The zero-order chi connectivity index (χ0) is 14.0. The molecule has 19 heavy (non-hydrogen) atoms. The van der Waals surface area contributed by atoms with Gasteiger partial charge in [0.2, 0.25) is 11.8 Å². The smallest absolute Gasteiger partial charge is 0.350 e. The van der Waals surface area contributed by atoms with Crippen molar-refractivity contribution in [3.05, 3.63) is 16.3 Å². The summed E-state index contributed by atoms with van der Waals surface area (Å²) < 4.78 is 4.94. The first-order valence-corrected chi connectivity index (χ1v) is 6.76. The Morgan fingerprint density at radius 2 is 2.32 bits per heavy atom. The third-order valence-corrected chi connectivity index (χ3v) is 3.81. The van der Waals surface area contributed by atoms with Crippen LogP contribution in [0.5, 0.6) is 0 Å². The maximum absolute atomic E-state index is 11.9. The van der Waals surface area contributed by atoms with E-state index in [9.17, 15) is 14.4 Å². The molecule has 1 aromatic heterocycles. The molecule has 0 radical (unpaired) electrons. The van der Waals surface area contributed by atoms with E-state index in [0.29, 0.717) is 10.6 Å². The molecular weight excluding hydrogens is 268 g/mol. The molecule has 7 heteroatoms. The van der Waals surface area contributed by atoms with E-state index in [2.05, 4.69) is 0 Å². The fraction of sp³-hybridized carbons (Fsp3) is 0.417. The van der Waals surface area contributed by atoms with Crippen LogP contribution in [0.3, 0.4) is 0 Å². The molecule has 2 heterocycles. The van der Waals surface area contributed by atoms with E-state index in [-0.39, 0.29) is 25.5 Å². The summed E-state index contributed by atoms with van der Waals surface area (Å²) >= 11 is 1.21. The number of carbonyl (C=O) groups is 3. The van der Waals surface area contributed by atoms with Gasteiger partial charge in [0.15, 0.2) is 0 Å². The Hall–Kier alpha value is -1.89. The van der Waals surface area contributed by atoms with Gasteiger partial charge in [-0.3, -0.25) is 9.59 Å². The van der Waals surface area contributed by atoms with Gasteiger partial charge in [-0.1, -0.05) is 0 Å². The number of primary amides is 1. The number of ether oxygens (including phenoxy) is 1. The van der Waals surface area contributed by atoms with Crippen LogP contribution in [0.2, 0.25) is 0 Å². The van der Waals surface area contributed by atoms with Crippen molar-refractivity contribution in [1.29, 1.82) is 0 Å². The number of amides is 2. The van der Waals surface area contributed by atoms with Gasteiger partial charge in [-0.15, -0.1) is 11.3 Å². The van der Waals surface area contributed by atoms with E-state index < -0.39 is 17.8 Å². The SMILES string of the molecule is CCOC(=O)c1sccc1N1CC(C(N)=O)CC1=O. The quantitative estimate of drug-likeness (QED) is 0.826. The largest absolute Gasteiger partial charge is 0.462 e. The fourth-order valence-electron chi connectivity index (χ4n) is 2.00. The molecule has 0 bridgehead atoms. The molecule has 102 valence electrons. The van der Waals surface area contributed by atoms with Gasteiger partial charge in [0.1, 0.15) is 4.88 Å². The highest BCUT2D eigenvalue weighted by molar-refractivity contribution is 7.12. The molecular formula is C12H14N2O4S. The molecule has 0 aliphatic carbocycles. The Morgan fingerprint density at radius 1 is 1.58 bits per heavy atom. The van der Waals surface area contributed by atoms with Crippen LogP contribution in [0, 0.1) is 5.92 Å². The predicted octanol–water partition coefficient (Wildman–Crippen LogP) is 0.763. The summed E-state index contributed by atoms with van der Waals surface area (Å²) in [5.74, 6) is -1.65. The molecule has 1 aliphatic heterocycles. The Kier molecular flexibility index (Phi) is 3.84. The molecule has 0 saturated carbocycles. The Bertz CT molecular complexity index is 526. The molecule has 2 N–H and O–H groups in total. The number of rotatable bonds is 4. The highest BCUT2D eigenvalue weighted by Crippen LogP contribution is 2.32. The summed E-state index contributed by atoms with van der Waals surface area (Å²) in [6, 6.07) is 1.68. The molecule has 0 aromatic carbocycles. The van der Waals surface area contributed by atoms with Crippen molar-refractivity contribution in [3.8, 4) is 0 Å². The van der Waals surface area contributed by atoms with Crippen LogP contribution in [-0.2, 0) is 14.3 Å². The second-order valence-electron chi connectivity index (χ2n) is 4.16. The van der Waals surface area contributed by atoms with Crippen LogP contribution in [0.15, 0.2) is 11.4 Å². The van der Waals surface area contributed by atoms with Crippen LogP contribution in [-0.4, -0.2) is 30.9 Å². The number of thiophene rings is 1. The Labute approximate surface area is 114 Å². The first kappa shape index (κ1) is 13.5. The van der Waals surface area contributed by atoms with Gasteiger partial charge in [-0.25, -0.2) is 4.79 Å². The van der Waals surface area contributed by atoms with Crippen LogP contribution < -0.4 is 10.6 Å². The number of nitrogens with two attached hydrogens (primary N) is 1. The van der Waals surface area contributed by atoms with Crippen molar-refractivity contribution >= 4 is 34.8 Å². The third-order valence-electron chi connectivity index (χ3n) is 2.92. The lowest BCUT2D eigenvalue weighted by molar-refractivity contribution is -0.123. The molecule has 1 aliphatic rings. The van der Waals surface area contributed by atoms with Crippen molar-refractivity contribution in [1.82, 2.24) is 0 Å². The maximum atomic E-state index is 11.9. The molecule has 1 unspecified atom stereocenters. The van der Waals surface area contributed by atoms with Crippen molar-refractivity contribution < 1.29 is 19.1 Å². The van der Waals surface area contributed by atoms with Crippen molar-refractivity contribution in [2.75, 3.05) is 18.1 Å². The number of esters is 1. The van der Waals surface area contributed by atoms with E-state index in [1.807, 2.05) is 0 Å². The van der Waals surface area contributed by atoms with Crippen LogP contribution in [0.4, 0.5) is 5.69 Å². The zero-order valence-corrected chi connectivity index (χ0v) is 11.2. The summed E-state index contributed by atoms with van der Waals surface area (Å²) in [7, 11) is 0. The first-order valence-electron chi connectivity index (χ1n) is 5.88. The minimum absolute atomic E-state index is 0.0907. The van der Waals surface area contributed by atoms with Crippen molar-refractivity contribution in [2.45, 2.75) is 13.3 Å². The topological polar surface area (TPSA) is 89.7 Å². The number of hydrogen-bond acceptors (Lipinski definition) is 5. The van der Waals surface area contributed by atoms with E-state index in [1.165, 1.54) is 16.2 Å². The maximum Gasteiger partial charge on any atom is 0.350 e. The lowest BCUT2D eigenvalue weighted by Crippen LogP contribution is -2.29. The summed E-state index contributed by atoms with van der Waals surface area (Å²) in [5.41, 5.74) is 5.71. The Morgan fingerprint density at radius 3 is 2.89 bits per heavy atom. The summed E-state index contributed by atoms with van der Waals surface area (Å²) in [6.45, 7) is 2.21. The summed E-state index contributed by atoms with van der Waals surface area (Å²) in [4.78, 5) is 36.6. The van der Waals surface area contributed by atoms with Crippen molar-refractivity contribution in [2.24, 2.45) is 11.7 Å². The van der Waals surface area contributed by atoms with Gasteiger partial charge in [-0.2, -0.15) is 0 Å². The molecule has 2 amide bonds.